The number of amides is 2. The Bertz CT molecular complexity index is 770. The minimum atomic E-state index is -0.186. The minimum absolute atomic E-state index is 0.186. The third-order valence-corrected chi connectivity index (χ3v) is 3.53. The Morgan fingerprint density at radius 3 is 2.67 bits per heavy atom. The smallest absolute Gasteiger partial charge is 0.315 e. The first kappa shape index (κ1) is 15.7. The second kappa shape index (κ2) is 7.92. The summed E-state index contributed by atoms with van der Waals surface area (Å²) in [5.41, 5.74) is 3.06. The molecule has 24 heavy (non-hydrogen) atoms. The van der Waals surface area contributed by atoms with Gasteiger partial charge in [0.05, 0.1) is 11.9 Å². The highest BCUT2D eigenvalue weighted by molar-refractivity contribution is 5.73. The molecule has 3 rings (SSSR count). The molecule has 0 bridgehead atoms. The molecule has 0 aliphatic carbocycles. The van der Waals surface area contributed by atoms with Gasteiger partial charge in [-0.2, -0.15) is 5.10 Å². The monoisotopic (exact) mass is 321 g/mol. The maximum absolute atomic E-state index is 11.8. The van der Waals surface area contributed by atoms with E-state index in [4.69, 9.17) is 0 Å². The lowest BCUT2D eigenvalue weighted by Crippen LogP contribution is -2.36. The Morgan fingerprint density at radius 1 is 1.00 bits per heavy atom. The maximum Gasteiger partial charge on any atom is 0.315 e. The highest BCUT2D eigenvalue weighted by Gasteiger charge is 2.03. The van der Waals surface area contributed by atoms with Crippen molar-refractivity contribution in [2.24, 2.45) is 0 Å². The van der Waals surface area contributed by atoms with E-state index in [0.29, 0.717) is 13.1 Å². The van der Waals surface area contributed by atoms with Crippen LogP contribution in [0.4, 0.5) is 4.79 Å². The number of nitrogens with zero attached hydrogens (tertiary/aromatic N) is 3. The van der Waals surface area contributed by atoms with Gasteiger partial charge in [0.1, 0.15) is 0 Å². The minimum Gasteiger partial charge on any atom is -0.338 e. The Balaban J connectivity index is 1.42. The molecule has 2 N–H and O–H groups in total. The first-order valence-electron chi connectivity index (χ1n) is 7.81. The summed E-state index contributed by atoms with van der Waals surface area (Å²) in [5, 5.41) is 9.99. The zero-order valence-electron chi connectivity index (χ0n) is 13.2. The van der Waals surface area contributed by atoms with Gasteiger partial charge in [0, 0.05) is 31.7 Å². The summed E-state index contributed by atoms with van der Waals surface area (Å²) in [4.78, 5) is 15.8. The zero-order valence-corrected chi connectivity index (χ0v) is 13.2. The highest BCUT2D eigenvalue weighted by atomic mass is 16.2. The van der Waals surface area contributed by atoms with Crippen LogP contribution in [0.3, 0.4) is 0 Å². The van der Waals surface area contributed by atoms with Gasteiger partial charge in [0.25, 0.3) is 0 Å². The lowest BCUT2D eigenvalue weighted by molar-refractivity contribution is 0.240. The fourth-order valence-corrected chi connectivity index (χ4v) is 2.28. The molecular weight excluding hydrogens is 302 g/mol. The van der Waals surface area contributed by atoms with E-state index in [1.165, 1.54) is 0 Å². The van der Waals surface area contributed by atoms with E-state index in [9.17, 15) is 4.79 Å². The van der Waals surface area contributed by atoms with E-state index >= 15 is 0 Å². The van der Waals surface area contributed by atoms with Crippen molar-refractivity contribution in [2.75, 3.05) is 6.54 Å². The molecule has 122 valence electrons. The molecule has 0 atom stereocenters. The zero-order chi connectivity index (χ0) is 16.6. The molecule has 0 saturated carbocycles. The number of carbonyl (C=O) groups excluding carboxylic acids is 1. The molecule has 0 aliphatic heterocycles. The molecular formula is C18H19N5O. The van der Waals surface area contributed by atoms with Crippen molar-refractivity contribution in [2.45, 2.75) is 13.0 Å². The Labute approximate surface area is 140 Å². The van der Waals surface area contributed by atoms with E-state index < -0.39 is 0 Å². The normalized spacial score (nSPS) is 10.3. The van der Waals surface area contributed by atoms with Crippen molar-refractivity contribution in [3.8, 4) is 5.69 Å². The fraction of sp³-hybridized carbons (Fsp3) is 0.167. The van der Waals surface area contributed by atoms with Crippen molar-refractivity contribution in [3.05, 3.63) is 78.4 Å². The number of pyridine rings is 1. The first-order valence-corrected chi connectivity index (χ1v) is 7.81. The van der Waals surface area contributed by atoms with Crippen LogP contribution in [0, 0.1) is 0 Å². The number of rotatable bonds is 6. The van der Waals surface area contributed by atoms with Crippen LogP contribution in [0.15, 0.2) is 67.3 Å². The number of urea groups is 1. The molecule has 3 aromatic rings. The molecule has 6 heteroatoms. The highest BCUT2D eigenvalue weighted by Crippen LogP contribution is 2.07. The summed E-state index contributed by atoms with van der Waals surface area (Å²) in [6.45, 7) is 1.02. The molecule has 0 saturated heterocycles. The Morgan fingerprint density at radius 2 is 1.88 bits per heavy atom. The number of hydrogen-bond donors (Lipinski definition) is 2. The molecule has 1 aromatic carbocycles. The summed E-state index contributed by atoms with van der Waals surface area (Å²) in [6, 6.07) is 13.5. The van der Waals surface area contributed by atoms with Crippen molar-refractivity contribution >= 4 is 6.03 Å². The average molecular weight is 321 g/mol. The van der Waals surface area contributed by atoms with Gasteiger partial charge in [-0.15, -0.1) is 0 Å². The number of aromatic nitrogens is 3. The van der Waals surface area contributed by atoms with Crippen LogP contribution in [-0.4, -0.2) is 27.3 Å². The predicted octanol–water partition coefficient (Wildman–Crippen LogP) is 2.31. The van der Waals surface area contributed by atoms with Crippen LogP contribution in [0.2, 0.25) is 0 Å². The van der Waals surface area contributed by atoms with Gasteiger partial charge in [-0.25, -0.2) is 9.48 Å². The second-order valence-corrected chi connectivity index (χ2v) is 5.35. The predicted molar refractivity (Wildman–Crippen MR) is 91.7 cm³/mol. The van der Waals surface area contributed by atoms with Crippen molar-refractivity contribution in [3.63, 3.8) is 0 Å². The van der Waals surface area contributed by atoms with Crippen molar-refractivity contribution in [1.82, 2.24) is 25.4 Å². The fourth-order valence-electron chi connectivity index (χ4n) is 2.28. The van der Waals surface area contributed by atoms with E-state index in [2.05, 4.69) is 20.7 Å². The molecule has 0 spiro atoms. The lowest BCUT2D eigenvalue weighted by atomic mass is 10.2. The van der Waals surface area contributed by atoms with Crippen LogP contribution >= 0.6 is 0 Å². The Hall–Kier alpha value is -3.15. The van der Waals surface area contributed by atoms with Gasteiger partial charge in [-0.3, -0.25) is 4.98 Å². The standard InChI is InChI=1S/C18H19N5O/c24-18(21-12-15-5-4-9-19-11-15)20-10-8-16-13-22-23(14-16)17-6-2-1-3-7-17/h1-7,9,11,13-14H,8,10,12H2,(H2,20,21,24). The summed E-state index contributed by atoms with van der Waals surface area (Å²) in [7, 11) is 0. The summed E-state index contributed by atoms with van der Waals surface area (Å²) in [5.74, 6) is 0. The van der Waals surface area contributed by atoms with Gasteiger partial charge in [0.15, 0.2) is 0 Å². The first-order chi connectivity index (χ1) is 11.8. The number of para-hydroxylation sites is 1. The summed E-state index contributed by atoms with van der Waals surface area (Å²) in [6.07, 6.45) is 7.97. The topological polar surface area (TPSA) is 71.8 Å². The van der Waals surface area contributed by atoms with Gasteiger partial charge in [-0.1, -0.05) is 24.3 Å². The quantitative estimate of drug-likeness (QED) is 0.732. The molecule has 0 fully saturated rings. The summed E-state index contributed by atoms with van der Waals surface area (Å²) >= 11 is 0. The number of nitrogens with one attached hydrogen (secondary N) is 2. The SMILES string of the molecule is O=C(NCCc1cnn(-c2ccccc2)c1)NCc1cccnc1. The van der Waals surface area contributed by atoms with Gasteiger partial charge in [-0.05, 0) is 35.7 Å². The molecule has 2 amide bonds. The maximum atomic E-state index is 11.8. The molecule has 0 aliphatic rings. The third kappa shape index (κ3) is 4.42. The van der Waals surface area contributed by atoms with Gasteiger partial charge >= 0.3 is 6.03 Å². The lowest BCUT2D eigenvalue weighted by Gasteiger charge is -2.06. The largest absolute Gasteiger partial charge is 0.338 e. The number of carbonyl (C=O) groups is 1. The third-order valence-electron chi connectivity index (χ3n) is 3.53. The molecule has 6 nitrogen and oxygen atoms in total. The molecule has 0 radical (unpaired) electrons. The van der Waals surface area contributed by atoms with Crippen molar-refractivity contribution in [1.29, 1.82) is 0 Å². The van der Waals surface area contributed by atoms with E-state index in [-0.39, 0.29) is 6.03 Å². The van der Waals surface area contributed by atoms with Gasteiger partial charge < -0.3 is 10.6 Å². The van der Waals surface area contributed by atoms with E-state index in [0.717, 1.165) is 23.2 Å². The van der Waals surface area contributed by atoms with Crippen LogP contribution in [0.5, 0.6) is 0 Å². The van der Waals surface area contributed by atoms with Gasteiger partial charge in [0.2, 0.25) is 0 Å². The van der Waals surface area contributed by atoms with Crippen LogP contribution < -0.4 is 10.6 Å². The van der Waals surface area contributed by atoms with E-state index in [1.807, 2.05) is 59.5 Å². The summed E-state index contributed by atoms with van der Waals surface area (Å²) < 4.78 is 1.83. The molecule has 2 aromatic heterocycles. The Kier molecular flexibility index (Phi) is 5.19. The second-order valence-electron chi connectivity index (χ2n) is 5.35. The number of benzene rings is 1. The van der Waals surface area contributed by atoms with Crippen LogP contribution in [0.25, 0.3) is 5.69 Å². The van der Waals surface area contributed by atoms with Crippen LogP contribution in [-0.2, 0) is 13.0 Å². The van der Waals surface area contributed by atoms with Crippen LogP contribution in [0.1, 0.15) is 11.1 Å². The molecule has 0 unspecified atom stereocenters. The average Bonchev–Trinajstić information content (AvgIpc) is 3.11. The van der Waals surface area contributed by atoms with Crippen molar-refractivity contribution < 1.29 is 4.79 Å². The van der Waals surface area contributed by atoms with E-state index in [1.54, 1.807) is 12.4 Å². The molecule has 2 heterocycles. The number of hydrogen-bond acceptors (Lipinski definition) is 3.